The van der Waals surface area contributed by atoms with Gasteiger partial charge in [-0.2, -0.15) is 0 Å². The number of carbonyl (C=O) groups excluding carboxylic acids is 1. The van der Waals surface area contributed by atoms with Crippen LogP contribution in [-0.4, -0.2) is 39.3 Å². The molecule has 3 N–H and O–H groups in total. The van der Waals surface area contributed by atoms with Gasteiger partial charge in [0, 0.05) is 0 Å². The fourth-order valence-corrected chi connectivity index (χ4v) is 0.357. The molecule has 5 heteroatoms. The quantitative estimate of drug-likeness (QED) is 0.447. The minimum absolute atomic E-state index is 0.769. The molecular formula is C5H8O5. The van der Waals surface area contributed by atoms with E-state index >= 15 is 0 Å². The van der Waals surface area contributed by atoms with Crippen molar-refractivity contribution < 1.29 is 24.9 Å². The van der Waals surface area contributed by atoms with Gasteiger partial charge in [-0.3, -0.25) is 4.79 Å². The zero-order valence-electron chi connectivity index (χ0n) is 5.31. The van der Waals surface area contributed by atoms with Gasteiger partial charge in [-0.25, -0.2) is 4.79 Å². The minimum atomic E-state index is -2.02. The SMILES string of the molecule is CC(=O)[C@H](O)C(O)C(=O)O. The number of aliphatic carboxylic acids is 1. The Morgan fingerprint density at radius 3 is 1.70 bits per heavy atom. The van der Waals surface area contributed by atoms with Crippen LogP contribution in [0.15, 0.2) is 0 Å². The number of rotatable bonds is 3. The van der Waals surface area contributed by atoms with Crippen LogP contribution in [0.25, 0.3) is 0 Å². The Morgan fingerprint density at radius 1 is 1.20 bits per heavy atom. The highest BCUT2D eigenvalue weighted by molar-refractivity contribution is 5.87. The van der Waals surface area contributed by atoms with Crippen LogP contribution in [0.4, 0.5) is 0 Å². The number of ketones is 1. The second-order valence-electron chi connectivity index (χ2n) is 1.84. The van der Waals surface area contributed by atoms with Crippen molar-refractivity contribution >= 4 is 11.8 Å². The Bertz CT molecular complexity index is 134. The zero-order valence-corrected chi connectivity index (χ0v) is 5.31. The van der Waals surface area contributed by atoms with E-state index in [-0.39, 0.29) is 0 Å². The van der Waals surface area contributed by atoms with Crippen LogP contribution in [0.3, 0.4) is 0 Å². The van der Waals surface area contributed by atoms with Crippen molar-refractivity contribution in [2.45, 2.75) is 19.1 Å². The first-order chi connectivity index (χ1) is 4.46. The van der Waals surface area contributed by atoms with Gasteiger partial charge in [-0.1, -0.05) is 0 Å². The largest absolute Gasteiger partial charge is 0.479 e. The zero-order chi connectivity index (χ0) is 8.31. The maximum atomic E-state index is 10.2. The summed E-state index contributed by atoms with van der Waals surface area (Å²) in [6.45, 7) is 0.997. The molecule has 58 valence electrons. The summed E-state index contributed by atoms with van der Waals surface area (Å²) in [4.78, 5) is 20.1. The van der Waals surface area contributed by atoms with Gasteiger partial charge in [0.25, 0.3) is 0 Å². The smallest absolute Gasteiger partial charge is 0.335 e. The molecule has 0 aromatic rings. The van der Waals surface area contributed by atoms with Crippen molar-refractivity contribution in [3.05, 3.63) is 0 Å². The third-order valence-corrected chi connectivity index (χ3v) is 0.969. The summed E-state index contributed by atoms with van der Waals surface area (Å²) in [6.07, 6.45) is -3.84. The van der Waals surface area contributed by atoms with Gasteiger partial charge in [-0.15, -0.1) is 0 Å². The fraction of sp³-hybridized carbons (Fsp3) is 0.600. The standard InChI is InChI=1S/C5H8O5/c1-2(6)3(7)4(8)5(9)10/h3-4,7-8H,1H3,(H,9,10)/t3-,4?/m0/s1. The van der Waals surface area contributed by atoms with E-state index < -0.39 is 24.0 Å². The van der Waals surface area contributed by atoms with Gasteiger partial charge in [0.2, 0.25) is 0 Å². The Labute approximate surface area is 56.9 Å². The molecular weight excluding hydrogens is 140 g/mol. The summed E-state index contributed by atoms with van der Waals surface area (Å²) in [6, 6.07) is 0. The van der Waals surface area contributed by atoms with E-state index in [1.54, 1.807) is 0 Å². The van der Waals surface area contributed by atoms with E-state index in [1.165, 1.54) is 0 Å². The number of aliphatic hydroxyl groups is 2. The lowest BCUT2D eigenvalue weighted by Crippen LogP contribution is -2.38. The van der Waals surface area contributed by atoms with Crippen molar-refractivity contribution in [2.75, 3.05) is 0 Å². The molecule has 0 aliphatic rings. The van der Waals surface area contributed by atoms with Crippen LogP contribution < -0.4 is 0 Å². The third kappa shape index (κ3) is 2.12. The highest BCUT2D eigenvalue weighted by atomic mass is 16.4. The molecule has 0 aromatic heterocycles. The lowest BCUT2D eigenvalue weighted by atomic mass is 10.1. The molecule has 5 nitrogen and oxygen atoms in total. The molecule has 0 rings (SSSR count). The molecule has 0 aliphatic carbocycles. The van der Waals surface area contributed by atoms with Gasteiger partial charge in [-0.05, 0) is 6.92 Å². The molecule has 10 heavy (non-hydrogen) atoms. The van der Waals surface area contributed by atoms with E-state index in [2.05, 4.69) is 0 Å². The van der Waals surface area contributed by atoms with E-state index in [0.717, 1.165) is 6.92 Å². The Hall–Kier alpha value is -0.940. The number of aliphatic hydroxyl groups excluding tert-OH is 2. The van der Waals surface area contributed by atoms with Gasteiger partial charge < -0.3 is 15.3 Å². The number of hydrogen-bond donors (Lipinski definition) is 3. The average Bonchev–Trinajstić information content (AvgIpc) is 1.84. The Kier molecular flexibility index (Phi) is 2.98. The van der Waals surface area contributed by atoms with Crippen molar-refractivity contribution in [1.29, 1.82) is 0 Å². The normalized spacial score (nSPS) is 15.9. The lowest BCUT2D eigenvalue weighted by Gasteiger charge is -2.08. The molecule has 0 aliphatic heterocycles. The number of Topliss-reactive ketones (excluding diaryl/α,β-unsaturated/α-hetero) is 1. The fourth-order valence-electron chi connectivity index (χ4n) is 0.357. The summed E-state index contributed by atoms with van der Waals surface area (Å²) in [5.41, 5.74) is 0. The van der Waals surface area contributed by atoms with Gasteiger partial charge in [0.05, 0.1) is 0 Å². The average molecular weight is 148 g/mol. The molecule has 0 spiro atoms. The second-order valence-corrected chi connectivity index (χ2v) is 1.84. The van der Waals surface area contributed by atoms with Crippen LogP contribution in [-0.2, 0) is 9.59 Å². The van der Waals surface area contributed by atoms with Gasteiger partial charge >= 0.3 is 5.97 Å². The van der Waals surface area contributed by atoms with Crippen LogP contribution in [0.2, 0.25) is 0 Å². The van der Waals surface area contributed by atoms with Crippen molar-refractivity contribution in [2.24, 2.45) is 0 Å². The predicted octanol–water partition coefficient (Wildman–Crippen LogP) is -1.62. The van der Waals surface area contributed by atoms with E-state index in [1.807, 2.05) is 0 Å². The van der Waals surface area contributed by atoms with Crippen molar-refractivity contribution in [3.8, 4) is 0 Å². The molecule has 1 unspecified atom stereocenters. The molecule has 0 heterocycles. The highest BCUT2D eigenvalue weighted by Gasteiger charge is 2.26. The summed E-state index contributed by atoms with van der Waals surface area (Å²) in [5.74, 6) is -2.38. The third-order valence-electron chi connectivity index (χ3n) is 0.969. The van der Waals surface area contributed by atoms with Gasteiger partial charge in [0.15, 0.2) is 11.9 Å². The first-order valence-electron chi connectivity index (χ1n) is 2.56. The highest BCUT2D eigenvalue weighted by Crippen LogP contribution is 1.93. The van der Waals surface area contributed by atoms with E-state index in [9.17, 15) is 9.59 Å². The molecule has 0 amide bonds. The first kappa shape index (κ1) is 9.06. The molecule has 2 atom stereocenters. The minimum Gasteiger partial charge on any atom is -0.479 e. The van der Waals surface area contributed by atoms with Crippen molar-refractivity contribution in [1.82, 2.24) is 0 Å². The number of carbonyl (C=O) groups is 2. The monoisotopic (exact) mass is 148 g/mol. The second kappa shape index (κ2) is 3.28. The lowest BCUT2D eigenvalue weighted by molar-refractivity contribution is -0.156. The van der Waals surface area contributed by atoms with E-state index in [4.69, 9.17) is 15.3 Å². The van der Waals surface area contributed by atoms with Gasteiger partial charge in [0.1, 0.15) is 6.10 Å². The first-order valence-corrected chi connectivity index (χ1v) is 2.56. The van der Waals surface area contributed by atoms with Crippen LogP contribution in [0, 0.1) is 0 Å². The molecule has 0 fully saturated rings. The molecule has 0 aromatic carbocycles. The van der Waals surface area contributed by atoms with Crippen LogP contribution in [0.1, 0.15) is 6.92 Å². The number of carboxylic acids is 1. The molecule has 0 bridgehead atoms. The summed E-state index contributed by atoms with van der Waals surface area (Å²) in [5, 5.41) is 25.1. The topological polar surface area (TPSA) is 94.8 Å². The Balaban J connectivity index is 4.07. The molecule has 0 saturated carbocycles. The van der Waals surface area contributed by atoms with E-state index in [0.29, 0.717) is 0 Å². The Morgan fingerprint density at radius 2 is 1.60 bits per heavy atom. The summed E-state index contributed by atoms with van der Waals surface area (Å²) < 4.78 is 0. The number of carboxylic acid groups (broad SMARTS) is 1. The maximum Gasteiger partial charge on any atom is 0.335 e. The summed E-state index contributed by atoms with van der Waals surface area (Å²) >= 11 is 0. The maximum absolute atomic E-state index is 10.2. The molecule has 0 saturated heterocycles. The summed E-state index contributed by atoms with van der Waals surface area (Å²) in [7, 11) is 0. The predicted molar refractivity (Wildman–Crippen MR) is 30.3 cm³/mol. The van der Waals surface area contributed by atoms with Crippen molar-refractivity contribution in [3.63, 3.8) is 0 Å². The molecule has 0 radical (unpaired) electrons. The van der Waals surface area contributed by atoms with Crippen LogP contribution >= 0.6 is 0 Å². The number of hydrogen-bond acceptors (Lipinski definition) is 4. The van der Waals surface area contributed by atoms with Crippen LogP contribution in [0.5, 0.6) is 0 Å².